The van der Waals surface area contributed by atoms with Gasteiger partial charge >= 0.3 is 164 Å². The van der Waals surface area contributed by atoms with Crippen LogP contribution in [0.25, 0.3) is 0 Å². The van der Waals surface area contributed by atoms with E-state index >= 15 is 0 Å². The number of aliphatic hydroxyl groups excluding tert-OH is 1. The van der Waals surface area contributed by atoms with Crippen LogP contribution in [-0.4, -0.2) is 36.0 Å². The molecule has 28 heavy (non-hydrogen) atoms. The van der Waals surface area contributed by atoms with Gasteiger partial charge in [-0.15, -0.1) is 0 Å². The Labute approximate surface area is 163 Å². The van der Waals surface area contributed by atoms with Gasteiger partial charge in [0.1, 0.15) is 0 Å². The van der Waals surface area contributed by atoms with E-state index in [2.05, 4.69) is 3.80 Å². The second-order valence-electron chi connectivity index (χ2n) is 5.59. The zero-order chi connectivity index (χ0) is 20.7. The van der Waals surface area contributed by atoms with E-state index in [0.29, 0.717) is 5.56 Å². The van der Waals surface area contributed by atoms with E-state index < -0.39 is 26.5 Å². The molecule has 150 valence electrons. The molecule has 0 saturated heterocycles. The van der Waals surface area contributed by atoms with Gasteiger partial charge in [-0.25, -0.2) is 0 Å². The first-order chi connectivity index (χ1) is 13.3. The van der Waals surface area contributed by atoms with Gasteiger partial charge < -0.3 is 0 Å². The van der Waals surface area contributed by atoms with E-state index in [1.54, 1.807) is 12.4 Å². The number of halogens is 1. The summed E-state index contributed by atoms with van der Waals surface area (Å²) in [6.07, 6.45) is 0. The third kappa shape index (κ3) is 5.26. The molecule has 0 aromatic heterocycles. The molecule has 0 amide bonds. The summed E-state index contributed by atoms with van der Waals surface area (Å²) >= 11 is -5.55. The van der Waals surface area contributed by atoms with Crippen molar-refractivity contribution in [3.8, 4) is 11.5 Å². The van der Waals surface area contributed by atoms with Crippen LogP contribution in [0.15, 0.2) is 36.4 Å². The van der Waals surface area contributed by atoms with Crippen LogP contribution in [0.4, 0.5) is 10.1 Å². The van der Waals surface area contributed by atoms with E-state index in [1.165, 1.54) is 24.3 Å². The Morgan fingerprint density at radius 1 is 1.18 bits per heavy atom. The van der Waals surface area contributed by atoms with Gasteiger partial charge in [0, 0.05) is 0 Å². The molecule has 5 N–H and O–H groups in total. The fourth-order valence-corrected chi connectivity index (χ4v) is 4.54. The number of hydrogen-bond acceptors (Lipinski definition) is 7. The Morgan fingerprint density at radius 3 is 2.39 bits per heavy atom. The van der Waals surface area contributed by atoms with Crippen LogP contribution in [0.5, 0.6) is 11.5 Å². The van der Waals surface area contributed by atoms with Crippen LogP contribution in [-0.2, 0) is 23.4 Å². The van der Waals surface area contributed by atoms with Crippen LogP contribution < -0.4 is 22.6 Å². The monoisotopic (exact) mass is 429 g/mol. The van der Waals surface area contributed by atoms with E-state index in [9.17, 15) is 11.0 Å². The summed E-state index contributed by atoms with van der Waals surface area (Å²) in [7, 11) is 0. The van der Waals surface area contributed by atoms with Gasteiger partial charge in [0.25, 0.3) is 0 Å². The summed E-state index contributed by atoms with van der Waals surface area (Å²) in [5.41, 5.74) is 2.19. The molecule has 0 heterocycles. The number of nitrogens with one attached hydrogen (secondary N) is 3. The average Bonchev–Trinajstić information content (AvgIpc) is 2.67. The molecule has 0 unspecified atom stereocenters. The van der Waals surface area contributed by atoms with E-state index in [-0.39, 0.29) is 42.8 Å². The minimum atomic E-state index is -5.55. The van der Waals surface area contributed by atoms with Crippen molar-refractivity contribution in [2.75, 3.05) is 23.6 Å². The van der Waals surface area contributed by atoms with Crippen LogP contribution in [0.2, 0.25) is 0 Å². The molecule has 0 saturated carbocycles. The van der Waals surface area contributed by atoms with Gasteiger partial charge in [-0.1, -0.05) is 0 Å². The summed E-state index contributed by atoms with van der Waals surface area (Å²) in [4.78, 5) is 0. The molecule has 0 atom stereocenters. The first-order valence-corrected chi connectivity index (χ1v) is 11.1. The Bertz CT molecular complexity index is 935. The van der Waals surface area contributed by atoms with Crippen LogP contribution in [0.1, 0.15) is 12.5 Å². The molecule has 0 aliphatic carbocycles. The summed E-state index contributed by atoms with van der Waals surface area (Å²) < 4.78 is 52.2. The normalized spacial score (nSPS) is 10.4. The molecular weight excluding hydrogens is 409 g/mol. The summed E-state index contributed by atoms with van der Waals surface area (Å²) in [6.45, 7) is 1.50. The number of amidine groups is 1. The number of hydrogen-bond donors (Lipinski definition) is 5. The van der Waals surface area contributed by atoms with Crippen molar-refractivity contribution in [3.63, 3.8) is 0 Å². The second-order valence-corrected chi connectivity index (χ2v) is 8.75. The van der Waals surface area contributed by atoms with E-state index in [1.807, 2.05) is 0 Å². The number of benzene rings is 2. The van der Waals surface area contributed by atoms with Crippen LogP contribution in [0, 0.1) is 11.2 Å². The maximum absolute atomic E-state index is 14.5. The van der Waals surface area contributed by atoms with Crippen molar-refractivity contribution in [3.05, 3.63) is 47.8 Å². The molecule has 2 rings (SSSR count). The zero-order valence-electron chi connectivity index (χ0n) is 15.0. The van der Waals surface area contributed by atoms with Gasteiger partial charge in [-0.3, -0.25) is 0 Å². The Kier molecular flexibility index (Phi) is 7.47. The third-order valence-corrected chi connectivity index (χ3v) is 6.30. The van der Waals surface area contributed by atoms with Crippen molar-refractivity contribution in [1.29, 1.82) is 5.41 Å². The van der Waals surface area contributed by atoms with Crippen molar-refractivity contribution in [2.45, 2.75) is 6.92 Å². The number of anilines is 1. The standard InChI is InChI=1S/C10H12FO3.C7H8N3O.2O.Ti/c1-2-13-9-4-3-8(11)7-10(9)14-6-5-12;8-6-3-1-5(2-4-6)7(9)10-11;;;/h4,7,12H,2,5-6H2,1H3;1-4,8,11H,(H2,9,10);;;/q;-1;;;+1. The Morgan fingerprint density at radius 2 is 1.82 bits per heavy atom. The van der Waals surface area contributed by atoms with Crippen molar-refractivity contribution < 1.29 is 47.6 Å². The fourth-order valence-electron chi connectivity index (χ4n) is 2.37. The van der Waals surface area contributed by atoms with Crippen LogP contribution >= 0.6 is 0 Å². The van der Waals surface area contributed by atoms with Crippen molar-refractivity contribution >= 4 is 15.4 Å². The number of aliphatic hydroxyl groups is 1. The molecule has 0 radical (unpaired) electrons. The number of ether oxygens (including phenoxy) is 2. The van der Waals surface area contributed by atoms with Gasteiger partial charge in [0.05, 0.1) is 0 Å². The second kappa shape index (κ2) is 9.60. The minimum absolute atomic E-state index is 0.00489. The van der Waals surface area contributed by atoms with Gasteiger partial charge in [-0.2, -0.15) is 0 Å². The van der Waals surface area contributed by atoms with Crippen molar-refractivity contribution in [2.24, 2.45) is 0 Å². The zero-order valence-corrected chi connectivity index (χ0v) is 16.6. The Balaban J connectivity index is 2.33. The molecule has 9 nitrogen and oxygen atoms in total. The summed E-state index contributed by atoms with van der Waals surface area (Å²) in [6, 6.07) is 7.57. The van der Waals surface area contributed by atoms with Crippen LogP contribution in [0.3, 0.4) is 0 Å². The molecule has 0 spiro atoms. The average molecular weight is 429 g/mol. The first-order valence-electron chi connectivity index (χ1n) is 8.31. The Hall–Kier alpha value is -2.53. The maximum atomic E-state index is 14.5. The van der Waals surface area contributed by atoms with Gasteiger partial charge in [0.15, 0.2) is 0 Å². The van der Waals surface area contributed by atoms with Crippen molar-refractivity contribution in [1.82, 2.24) is 5.48 Å². The molecule has 0 aliphatic rings. The predicted octanol–water partition coefficient (Wildman–Crippen LogP) is 1.40. The number of hydroxylamine groups is 1. The molecule has 0 fully saturated rings. The quantitative estimate of drug-likeness (QED) is 0.174. The predicted molar refractivity (Wildman–Crippen MR) is 93.0 cm³/mol. The van der Waals surface area contributed by atoms with E-state index in [4.69, 9.17) is 25.2 Å². The molecule has 11 heteroatoms. The topological polar surface area (TPSA) is 141 Å². The number of rotatable bonds is 9. The molecule has 2 aromatic carbocycles. The fraction of sp³-hybridized carbons (Fsp3) is 0.235. The molecule has 0 bridgehead atoms. The SMILES string of the molecule is CCOc1c[c]([Ti](=[O])(=[O])[NH]c2ccc(C(=N)NO)cc2)c(F)cc1OCCO. The third-order valence-electron chi connectivity index (χ3n) is 3.63. The summed E-state index contributed by atoms with van der Waals surface area (Å²) in [5, 5.41) is 25.0. The van der Waals surface area contributed by atoms with Gasteiger partial charge in [-0.05, 0) is 0 Å². The molecular formula is C17H20FN3O6Ti. The molecule has 2 aromatic rings. The first kappa shape index (κ1) is 21.8. The summed E-state index contributed by atoms with van der Waals surface area (Å²) in [5.74, 6) is -1.21. The molecule has 0 aliphatic heterocycles. The van der Waals surface area contributed by atoms with Gasteiger partial charge in [0.2, 0.25) is 0 Å². The van der Waals surface area contributed by atoms with E-state index in [0.717, 1.165) is 12.1 Å².